The molecule has 2 aliphatic rings. The lowest BCUT2D eigenvalue weighted by molar-refractivity contribution is -0.122. The lowest BCUT2D eigenvalue weighted by Gasteiger charge is -2.27. The molecule has 0 spiro atoms. The van der Waals surface area contributed by atoms with Gasteiger partial charge in [0.05, 0.1) is 16.3 Å². The van der Waals surface area contributed by atoms with E-state index in [1.807, 2.05) is 0 Å². The minimum Gasteiger partial charge on any atom is -0.479 e. The number of ether oxygens (including phenoxy) is 1. The van der Waals surface area contributed by atoms with Crippen LogP contribution in [-0.4, -0.2) is 43.2 Å². The zero-order valence-corrected chi connectivity index (χ0v) is 17.8. The van der Waals surface area contributed by atoms with Crippen molar-refractivity contribution in [3.05, 3.63) is 47.8 Å². The maximum atomic E-state index is 13.9. The number of fused-ring (bicyclic) bond motifs is 1. The Morgan fingerprint density at radius 2 is 2.03 bits per heavy atom. The molecule has 164 valence electrons. The molecule has 4 rings (SSSR count). The predicted octanol–water partition coefficient (Wildman–Crippen LogP) is 2.65. The third kappa shape index (κ3) is 3.88. The van der Waals surface area contributed by atoms with Crippen LogP contribution in [0.2, 0.25) is 0 Å². The number of nitrogens with one attached hydrogen (secondary N) is 2. The molecule has 2 aromatic rings. The quantitative estimate of drug-likeness (QED) is 0.750. The van der Waals surface area contributed by atoms with E-state index in [2.05, 4.69) is 10.6 Å². The number of benzene rings is 2. The van der Waals surface area contributed by atoms with E-state index in [0.29, 0.717) is 24.1 Å². The van der Waals surface area contributed by atoms with E-state index in [1.165, 1.54) is 30.3 Å². The number of hydrogen-bond acceptors (Lipinski definition) is 5. The summed E-state index contributed by atoms with van der Waals surface area (Å²) in [5.74, 6) is -1.24. The lowest BCUT2D eigenvalue weighted by Crippen LogP contribution is -2.43. The summed E-state index contributed by atoms with van der Waals surface area (Å²) in [6, 6.07) is 7.67. The van der Waals surface area contributed by atoms with Crippen molar-refractivity contribution in [2.24, 2.45) is 0 Å². The molecule has 2 N–H and O–H groups in total. The summed E-state index contributed by atoms with van der Waals surface area (Å²) in [6.45, 7) is 3.35. The van der Waals surface area contributed by atoms with Gasteiger partial charge in [-0.05, 0) is 50.5 Å². The molecule has 2 unspecified atom stereocenters. The fraction of sp³-hybridized carbons (Fsp3) is 0.333. The molecule has 2 heterocycles. The largest absolute Gasteiger partial charge is 0.479 e. The normalized spacial score (nSPS) is 21.2. The number of amides is 2. The van der Waals surface area contributed by atoms with E-state index in [1.54, 1.807) is 19.9 Å². The van der Waals surface area contributed by atoms with Gasteiger partial charge in [0.2, 0.25) is 15.9 Å². The van der Waals surface area contributed by atoms with Gasteiger partial charge in [-0.1, -0.05) is 12.1 Å². The van der Waals surface area contributed by atoms with E-state index in [4.69, 9.17) is 4.74 Å². The second kappa shape index (κ2) is 7.93. The minimum absolute atomic E-state index is 0.000150. The number of carbonyl (C=O) groups is 2. The van der Waals surface area contributed by atoms with Gasteiger partial charge in [-0.2, -0.15) is 4.31 Å². The van der Waals surface area contributed by atoms with Crippen LogP contribution in [-0.2, 0) is 19.6 Å². The molecule has 31 heavy (non-hydrogen) atoms. The second-order valence-electron chi connectivity index (χ2n) is 7.61. The smallest absolute Gasteiger partial charge is 0.265 e. The Morgan fingerprint density at radius 3 is 2.77 bits per heavy atom. The van der Waals surface area contributed by atoms with E-state index < -0.39 is 33.9 Å². The van der Waals surface area contributed by atoms with Crippen LogP contribution in [0, 0.1) is 12.7 Å². The van der Waals surface area contributed by atoms with Gasteiger partial charge >= 0.3 is 0 Å². The third-order valence-electron chi connectivity index (χ3n) is 5.43. The number of anilines is 2. The number of halogens is 1. The van der Waals surface area contributed by atoms with Crippen LogP contribution >= 0.6 is 0 Å². The summed E-state index contributed by atoms with van der Waals surface area (Å²) in [7, 11) is -4.04. The number of rotatable bonds is 4. The molecule has 10 heteroatoms. The molecule has 2 atom stereocenters. The standard InChI is InChI=1S/C21H22FN3O5S/c1-12-10-16-18(30-13(2)20(26)24-16)11-19(12)31(28,29)25-9-5-8-17(25)21(27)23-15-7-4-3-6-14(15)22/h3-4,6-7,10-11,13,17H,5,8-9H2,1-2H3,(H,23,27)(H,24,26). The van der Waals surface area contributed by atoms with Crippen molar-refractivity contribution < 1.29 is 27.1 Å². The fourth-order valence-electron chi connectivity index (χ4n) is 3.82. The summed E-state index contributed by atoms with van der Waals surface area (Å²) in [5, 5.41) is 5.17. The van der Waals surface area contributed by atoms with E-state index in [9.17, 15) is 22.4 Å². The van der Waals surface area contributed by atoms with E-state index >= 15 is 0 Å². The van der Waals surface area contributed by atoms with Gasteiger partial charge < -0.3 is 15.4 Å². The van der Waals surface area contributed by atoms with Crippen molar-refractivity contribution in [2.45, 2.75) is 43.7 Å². The maximum Gasteiger partial charge on any atom is 0.265 e. The average molecular weight is 447 g/mol. The SMILES string of the molecule is Cc1cc2c(cc1S(=O)(=O)N1CCCC1C(=O)Nc1ccccc1F)OC(C)C(=O)N2. The van der Waals surface area contributed by atoms with Gasteiger partial charge in [-0.3, -0.25) is 9.59 Å². The molecule has 0 bridgehead atoms. The number of nitrogens with zero attached hydrogens (tertiary/aromatic N) is 1. The summed E-state index contributed by atoms with van der Waals surface area (Å²) in [5.41, 5.74) is 0.812. The van der Waals surface area contributed by atoms with E-state index in [0.717, 1.165) is 4.31 Å². The number of hydrogen-bond donors (Lipinski definition) is 2. The first-order chi connectivity index (χ1) is 14.7. The van der Waals surface area contributed by atoms with Crippen molar-refractivity contribution in [1.82, 2.24) is 4.31 Å². The van der Waals surface area contributed by atoms with Crippen LogP contribution in [0.4, 0.5) is 15.8 Å². The highest BCUT2D eigenvalue weighted by Gasteiger charge is 2.41. The third-order valence-corrected chi connectivity index (χ3v) is 7.48. The monoisotopic (exact) mass is 447 g/mol. The summed E-state index contributed by atoms with van der Waals surface area (Å²) in [6.07, 6.45) is 0.0757. The maximum absolute atomic E-state index is 13.9. The Bertz CT molecular complexity index is 1170. The molecule has 1 fully saturated rings. The second-order valence-corrected chi connectivity index (χ2v) is 9.47. The first-order valence-corrected chi connectivity index (χ1v) is 11.3. The van der Waals surface area contributed by atoms with Crippen LogP contribution < -0.4 is 15.4 Å². The highest BCUT2D eigenvalue weighted by Crippen LogP contribution is 2.37. The van der Waals surface area contributed by atoms with Crippen LogP contribution in [0.25, 0.3) is 0 Å². The number of para-hydroxylation sites is 1. The van der Waals surface area contributed by atoms with Gasteiger partial charge in [-0.15, -0.1) is 0 Å². The Morgan fingerprint density at radius 1 is 1.29 bits per heavy atom. The van der Waals surface area contributed by atoms with Crippen molar-refractivity contribution in [3.63, 3.8) is 0 Å². The van der Waals surface area contributed by atoms with Crippen molar-refractivity contribution in [3.8, 4) is 5.75 Å². The number of sulfonamides is 1. The van der Waals surface area contributed by atoms with E-state index in [-0.39, 0.29) is 28.8 Å². The summed E-state index contributed by atoms with van der Waals surface area (Å²) in [4.78, 5) is 24.6. The highest BCUT2D eigenvalue weighted by molar-refractivity contribution is 7.89. The van der Waals surface area contributed by atoms with Gasteiger partial charge in [0.1, 0.15) is 17.6 Å². The molecule has 2 aromatic carbocycles. The Labute approximate surface area is 179 Å². The van der Waals surface area contributed by atoms with Gasteiger partial charge in [0.15, 0.2) is 6.10 Å². The summed E-state index contributed by atoms with van der Waals surface area (Å²) >= 11 is 0. The molecule has 2 aliphatic heterocycles. The molecule has 0 saturated carbocycles. The molecule has 1 saturated heterocycles. The lowest BCUT2D eigenvalue weighted by atomic mass is 10.1. The predicted molar refractivity (Wildman–Crippen MR) is 112 cm³/mol. The van der Waals surface area contributed by atoms with Crippen LogP contribution in [0.15, 0.2) is 41.3 Å². The molecule has 0 aliphatic carbocycles. The van der Waals surface area contributed by atoms with Gasteiger partial charge in [-0.25, -0.2) is 12.8 Å². The molecule has 0 aromatic heterocycles. The van der Waals surface area contributed by atoms with Crippen molar-refractivity contribution in [2.75, 3.05) is 17.2 Å². The molecular weight excluding hydrogens is 425 g/mol. The molecule has 0 radical (unpaired) electrons. The Balaban J connectivity index is 1.64. The highest BCUT2D eigenvalue weighted by atomic mass is 32.2. The molecular formula is C21H22FN3O5S. The van der Waals surface area contributed by atoms with Gasteiger partial charge in [0.25, 0.3) is 5.91 Å². The van der Waals surface area contributed by atoms with Crippen LogP contribution in [0.3, 0.4) is 0 Å². The Hall–Kier alpha value is -2.98. The first-order valence-electron chi connectivity index (χ1n) is 9.88. The van der Waals surface area contributed by atoms with Crippen LogP contribution in [0.1, 0.15) is 25.3 Å². The summed E-state index contributed by atoms with van der Waals surface area (Å²) < 4.78 is 47.5. The zero-order valence-electron chi connectivity index (χ0n) is 17.0. The fourth-order valence-corrected chi connectivity index (χ4v) is 5.70. The first kappa shape index (κ1) is 21.3. The average Bonchev–Trinajstić information content (AvgIpc) is 3.21. The van der Waals surface area contributed by atoms with Gasteiger partial charge in [0, 0.05) is 12.6 Å². The van der Waals surface area contributed by atoms with Crippen molar-refractivity contribution in [1.29, 1.82) is 0 Å². The zero-order chi connectivity index (χ0) is 22.3. The number of aryl methyl sites for hydroxylation is 1. The Kier molecular flexibility index (Phi) is 5.44. The van der Waals surface area contributed by atoms with Crippen LogP contribution in [0.5, 0.6) is 5.75 Å². The molecule has 2 amide bonds. The van der Waals surface area contributed by atoms with Crippen molar-refractivity contribution >= 4 is 33.2 Å². The minimum atomic E-state index is -4.04. The molecule has 8 nitrogen and oxygen atoms in total. The topological polar surface area (TPSA) is 105 Å². The number of carbonyl (C=O) groups excluding carboxylic acids is 2.